The van der Waals surface area contributed by atoms with Crippen LogP contribution in [0.1, 0.15) is 76.2 Å². The number of unbranched alkanes of at least 4 members (excludes halogenated alkanes) is 1. The van der Waals surface area contributed by atoms with E-state index in [1.54, 1.807) is 5.56 Å². The van der Waals surface area contributed by atoms with Gasteiger partial charge in [-0.2, -0.15) is 0 Å². The number of rotatable bonds is 8. The molecule has 2 aromatic rings. The van der Waals surface area contributed by atoms with Gasteiger partial charge < -0.3 is 0 Å². The molecule has 134 valence electrons. The fourth-order valence-corrected chi connectivity index (χ4v) is 5.25. The first-order chi connectivity index (χ1) is 12.4. The molecule has 0 heterocycles. The minimum absolute atomic E-state index is 0.732. The third-order valence-corrected chi connectivity index (χ3v) is 6.68. The molecule has 0 aliphatic heterocycles. The van der Waals surface area contributed by atoms with Crippen LogP contribution in [-0.4, -0.2) is 0 Å². The predicted molar refractivity (Wildman–Crippen MR) is 110 cm³/mol. The van der Waals surface area contributed by atoms with Crippen LogP contribution in [-0.2, 0) is 0 Å². The second kappa shape index (κ2) is 10.1. The molecular weight excluding hydrogens is 320 g/mol. The van der Waals surface area contributed by atoms with E-state index in [2.05, 4.69) is 61.5 Å². The van der Waals surface area contributed by atoms with Gasteiger partial charge in [0.2, 0.25) is 0 Å². The van der Waals surface area contributed by atoms with Crippen LogP contribution in [0.4, 0.5) is 0 Å². The Morgan fingerprint density at radius 1 is 0.920 bits per heavy atom. The fourth-order valence-electron chi connectivity index (χ4n) is 4.20. The Morgan fingerprint density at radius 3 is 2.40 bits per heavy atom. The highest BCUT2D eigenvalue weighted by molar-refractivity contribution is 7.99. The van der Waals surface area contributed by atoms with E-state index in [-0.39, 0.29) is 0 Å². The average molecular weight is 353 g/mol. The first-order valence-corrected chi connectivity index (χ1v) is 11.0. The van der Waals surface area contributed by atoms with Gasteiger partial charge in [0.1, 0.15) is 0 Å². The molecule has 1 aliphatic rings. The Kier molecular flexibility index (Phi) is 7.48. The van der Waals surface area contributed by atoms with Gasteiger partial charge in [0.25, 0.3) is 0 Å². The monoisotopic (exact) mass is 352 g/mol. The summed E-state index contributed by atoms with van der Waals surface area (Å²) in [7, 11) is 0. The SMILES string of the molecule is CCCCC(CC1CCCCC1)c1ccccc1Sc1ccccc1. The maximum Gasteiger partial charge on any atom is 0.0157 e. The lowest BCUT2D eigenvalue weighted by Gasteiger charge is -2.28. The highest BCUT2D eigenvalue weighted by Gasteiger charge is 2.22. The Labute approximate surface area is 158 Å². The summed E-state index contributed by atoms with van der Waals surface area (Å²) in [5.74, 6) is 1.68. The average Bonchev–Trinajstić information content (AvgIpc) is 2.67. The van der Waals surface area contributed by atoms with Crippen LogP contribution < -0.4 is 0 Å². The highest BCUT2D eigenvalue weighted by Crippen LogP contribution is 2.40. The molecule has 1 aliphatic carbocycles. The lowest BCUT2D eigenvalue weighted by Crippen LogP contribution is -2.12. The minimum Gasteiger partial charge on any atom is -0.0898 e. The van der Waals surface area contributed by atoms with Gasteiger partial charge in [0.05, 0.1) is 0 Å². The van der Waals surface area contributed by atoms with Crippen LogP contribution in [0.5, 0.6) is 0 Å². The van der Waals surface area contributed by atoms with E-state index in [1.807, 2.05) is 11.8 Å². The summed E-state index contributed by atoms with van der Waals surface area (Å²) in [5, 5.41) is 0. The Morgan fingerprint density at radius 2 is 1.64 bits per heavy atom. The summed E-state index contributed by atoms with van der Waals surface area (Å²) < 4.78 is 0. The molecule has 1 unspecified atom stereocenters. The van der Waals surface area contributed by atoms with Gasteiger partial charge in [-0.3, -0.25) is 0 Å². The fraction of sp³-hybridized carbons (Fsp3) is 0.500. The smallest absolute Gasteiger partial charge is 0.0157 e. The van der Waals surface area contributed by atoms with Crippen molar-refractivity contribution >= 4 is 11.8 Å². The number of hydrogen-bond donors (Lipinski definition) is 0. The van der Waals surface area contributed by atoms with Gasteiger partial charge in [0, 0.05) is 9.79 Å². The van der Waals surface area contributed by atoms with E-state index >= 15 is 0 Å². The normalized spacial score (nSPS) is 16.7. The van der Waals surface area contributed by atoms with Crippen LogP contribution >= 0.6 is 11.8 Å². The van der Waals surface area contributed by atoms with Crippen LogP contribution in [0.15, 0.2) is 64.4 Å². The van der Waals surface area contributed by atoms with Gasteiger partial charge in [-0.1, -0.05) is 100 Å². The molecule has 0 aromatic heterocycles. The molecule has 0 bridgehead atoms. The van der Waals surface area contributed by atoms with Crippen molar-refractivity contribution in [2.24, 2.45) is 5.92 Å². The van der Waals surface area contributed by atoms with Crippen molar-refractivity contribution in [3.63, 3.8) is 0 Å². The van der Waals surface area contributed by atoms with Crippen molar-refractivity contribution in [2.45, 2.75) is 80.4 Å². The summed E-state index contributed by atoms with van der Waals surface area (Å²) in [6.07, 6.45) is 12.7. The molecule has 0 saturated heterocycles. The molecule has 0 radical (unpaired) electrons. The van der Waals surface area contributed by atoms with Crippen molar-refractivity contribution in [1.29, 1.82) is 0 Å². The van der Waals surface area contributed by atoms with Crippen molar-refractivity contribution < 1.29 is 0 Å². The second-order valence-electron chi connectivity index (χ2n) is 7.53. The molecule has 1 fully saturated rings. The van der Waals surface area contributed by atoms with E-state index in [9.17, 15) is 0 Å². The zero-order chi connectivity index (χ0) is 17.3. The van der Waals surface area contributed by atoms with Gasteiger partial charge in [-0.15, -0.1) is 0 Å². The summed E-state index contributed by atoms with van der Waals surface area (Å²) in [6, 6.07) is 20.0. The maximum absolute atomic E-state index is 2.40. The van der Waals surface area contributed by atoms with E-state index in [0.29, 0.717) is 0 Å². The maximum atomic E-state index is 2.40. The lowest BCUT2D eigenvalue weighted by atomic mass is 9.79. The molecule has 0 amide bonds. The molecule has 0 N–H and O–H groups in total. The van der Waals surface area contributed by atoms with Crippen molar-refractivity contribution in [3.05, 3.63) is 60.2 Å². The van der Waals surface area contributed by atoms with E-state index in [4.69, 9.17) is 0 Å². The summed E-state index contributed by atoms with van der Waals surface area (Å²) in [5.41, 5.74) is 1.59. The van der Waals surface area contributed by atoms with E-state index in [1.165, 1.54) is 67.6 Å². The Hall–Kier alpha value is -1.21. The zero-order valence-electron chi connectivity index (χ0n) is 15.6. The topological polar surface area (TPSA) is 0 Å². The molecule has 1 saturated carbocycles. The summed E-state index contributed by atoms with van der Waals surface area (Å²) in [4.78, 5) is 2.81. The lowest BCUT2D eigenvalue weighted by molar-refractivity contribution is 0.309. The zero-order valence-corrected chi connectivity index (χ0v) is 16.4. The van der Waals surface area contributed by atoms with Crippen LogP contribution in [0.2, 0.25) is 0 Å². The van der Waals surface area contributed by atoms with E-state index in [0.717, 1.165) is 11.8 Å². The Balaban J connectivity index is 1.79. The molecular formula is C24H32S. The van der Waals surface area contributed by atoms with Crippen LogP contribution in [0.25, 0.3) is 0 Å². The first kappa shape index (κ1) is 18.6. The third kappa shape index (κ3) is 5.64. The predicted octanol–water partition coefficient (Wildman–Crippen LogP) is 8.08. The van der Waals surface area contributed by atoms with Crippen molar-refractivity contribution in [1.82, 2.24) is 0 Å². The first-order valence-electron chi connectivity index (χ1n) is 10.2. The van der Waals surface area contributed by atoms with Gasteiger partial charge in [0.15, 0.2) is 0 Å². The molecule has 1 heteroatoms. The highest BCUT2D eigenvalue weighted by atomic mass is 32.2. The Bertz CT molecular complexity index is 613. The third-order valence-electron chi connectivity index (χ3n) is 5.58. The number of hydrogen-bond acceptors (Lipinski definition) is 1. The van der Waals surface area contributed by atoms with Crippen LogP contribution in [0.3, 0.4) is 0 Å². The van der Waals surface area contributed by atoms with Crippen LogP contribution in [0, 0.1) is 5.92 Å². The summed E-state index contributed by atoms with van der Waals surface area (Å²) >= 11 is 1.94. The molecule has 0 nitrogen and oxygen atoms in total. The minimum atomic E-state index is 0.732. The van der Waals surface area contributed by atoms with E-state index < -0.39 is 0 Å². The van der Waals surface area contributed by atoms with Crippen molar-refractivity contribution in [2.75, 3.05) is 0 Å². The molecule has 3 rings (SSSR count). The quantitative estimate of drug-likeness (QED) is 0.462. The molecule has 25 heavy (non-hydrogen) atoms. The summed E-state index contributed by atoms with van der Waals surface area (Å²) in [6.45, 7) is 2.32. The molecule has 0 spiro atoms. The molecule has 1 atom stereocenters. The molecule has 2 aromatic carbocycles. The van der Waals surface area contributed by atoms with Crippen molar-refractivity contribution in [3.8, 4) is 0 Å². The van der Waals surface area contributed by atoms with Gasteiger partial charge >= 0.3 is 0 Å². The second-order valence-corrected chi connectivity index (χ2v) is 8.65. The van der Waals surface area contributed by atoms with Gasteiger partial charge in [-0.25, -0.2) is 0 Å². The largest absolute Gasteiger partial charge is 0.0898 e. The van der Waals surface area contributed by atoms with Gasteiger partial charge in [-0.05, 0) is 48.4 Å². The standard InChI is InChI=1S/C24H32S/c1-2-3-14-21(19-20-12-6-4-7-13-20)23-17-10-11-18-24(23)25-22-15-8-5-9-16-22/h5,8-11,15-18,20-21H,2-4,6-7,12-14,19H2,1H3. The number of benzene rings is 2.